The molecule has 1 heterocycles. The molecule has 21 heavy (non-hydrogen) atoms. The van der Waals surface area contributed by atoms with Crippen molar-refractivity contribution in [3.63, 3.8) is 0 Å². The van der Waals surface area contributed by atoms with Gasteiger partial charge >= 0.3 is 0 Å². The second-order valence-electron chi connectivity index (χ2n) is 5.97. The lowest BCUT2D eigenvalue weighted by atomic mass is 10.1. The molecule has 0 radical (unpaired) electrons. The maximum atomic E-state index is 12.4. The number of hydrogen-bond acceptors (Lipinski definition) is 4. The molecule has 1 aromatic rings. The number of hydrogen-bond donors (Lipinski definition) is 2. The molecule has 5 heteroatoms. The van der Waals surface area contributed by atoms with E-state index in [1.165, 1.54) is 43.9 Å². The van der Waals surface area contributed by atoms with Crippen LogP contribution in [0.1, 0.15) is 36.0 Å². The first-order valence-electron chi connectivity index (χ1n) is 7.70. The van der Waals surface area contributed by atoms with Gasteiger partial charge in [-0.1, -0.05) is 12.8 Å². The van der Waals surface area contributed by atoms with Gasteiger partial charge in [0.15, 0.2) is 0 Å². The van der Waals surface area contributed by atoms with Gasteiger partial charge in [-0.15, -0.1) is 0 Å². The van der Waals surface area contributed by atoms with Crippen molar-refractivity contribution in [2.45, 2.75) is 31.7 Å². The Hall–Kier alpha value is -1.75. The zero-order valence-corrected chi connectivity index (χ0v) is 12.2. The van der Waals surface area contributed by atoms with E-state index in [9.17, 15) is 15.0 Å². The van der Waals surface area contributed by atoms with Crippen LogP contribution in [0.4, 0.5) is 0 Å². The van der Waals surface area contributed by atoms with Crippen LogP contribution in [-0.4, -0.2) is 58.1 Å². The summed E-state index contributed by atoms with van der Waals surface area (Å²) < 4.78 is 0. The Morgan fingerprint density at radius 2 is 1.71 bits per heavy atom. The molecule has 3 rings (SSSR count). The van der Waals surface area contributed by atoms with Crippen molar-refractivity contribution in [3.8, 4) is 11.5 Å². The molecule has 1 aliphatic heterocycles. The van der Waals surface area contributed by atoms with Crippen LogP contribution in [0.3, 0.4) is 0 Å². The van der Waals surface area contributed by atoms with Crippen molar-refractivity contribution >= 4 is 5.91 Å². The van der Waals surface area contributed by atoms with Gasteiger partial charge in [-0.25, -0.2) is 0 Å². The minimum absolute atomic E-state index is 0.000687. The second-order valence-corrected chi connectivity index (χ2v) is 5.97. The summed E-state index contributed by atoms with van der Waals surface area (Å²) in [6.45, 7) is 3.17. The molecular formula is C16H22N2O3. The van der Waals surface area contributed by atoms with Crippen LogP contribution in [-0.2, 0) is 0 Å². The third-order valence-electron chi connectivity index (χ3n) is 4.65. The van der Waals surface area contributed by atoms with Gasteiger partial charge in [0, 0.05) is 32.2 Å². The van der Waals surface area contributed by atoms with Gasteiger partial charge in [-0.3, -0.25) is 9.69 Å². The highest BCUT2D eigenvalue weighted by atomic mass is 16.3. The standard InChI is InChI=1S/C16H22N2O3/c19-13-5-6-15(20)14(11-13)16(21)18-9-7-17(8-10-18)12-3-1-2-4-12/h5-6,11-12,19-20H,1-4,7-10H2. The Morgan fingerprint density at radius 3 is 2.38 bits per heavy atom. The summed E-state index contributed by atoms with van der Waals surface area (Å²) in [5.41, 5.74) is 0.185. The molecule has 1 aromatic carbocycles. The molecule has 1 saturated heterocycles. The van der Waals surface area contributed by atoms with Gasteiger partial charge in [-0.05, 0) is 31.0 Å². The van der Waals surface area contributed by atoms with Crippen LogP contribution in [0.2, 0.25) is 0 Å². The summed E-state index contributed by atoms with van der Waals surface area (Å²) in [5, 5.41) is 19.3. The molecule has 0 unspecified atom stereocenters. The van der Waals surface area contributed by atoms with Crippen LogP contribution in [0.5, 0.6) is 11.5 Å². The van der Waals surface area contributed by atoms with E-state index >= 15 is 0 Å². The molecule has 0 aromatic heterocycles. The first-order chi connectivity index (χ1) is 10.1. The summed E-state index contributed by atoms with van der Waals surface area (Å²) in [4.78, 5) is 16.7. The Bertz CT molecular complexity index is 518. The number of carbonyl (C=O) groups excluding carboxylic acids is 1. The smallest absolute Gasteiger partial charge is 0.257 e. The van der Waals surface area contributed by atoms with Crippen LogP contribution in [0, 0.1) is 0 Å². The van der Waals surface area contributed by atoms with Gasteiger partial charge < -0.3 is 15.1 Å². The molecule has 114 valence electrons. The number of phenolic OH excluding ortho intramolecular Hbond substituents is 2. The molecule has 2 fully saturated rings. The molecule has 2 aliphatic rings. The SMILES string of the molecule is O=C(c1cc(O)ccc1O)N1CCN(C2CCCC2)CC1. The fraction of sp³-hybridized carbons (Fsp3) is 0.562. The largest absolute Gasteiger partial charge is 0.508 e. The Balaban J connectivity index is 1.63. The average molecular weight is 290 g/mol. The lowest BCUT2D eigenvalue weighted by molar-refractivity contribution is 0.0570. The summed E-state index contributed by atoms with van der Waals surface area (Å²) in [5.74, 6) is -0.272. The third-order valence-corrected chi connectivity index (χ3v) is 4.65. The van der Waals surface area contributed by atoms with Crippen LogP contribution in [0.15, 0.2) is 18.2 Å². The van der Waals surface area contributed by atoms with E-state index in [0.29, 0.717) is 19.1 Å². The van der Waals surface area contributed by atoms with Crippen molar-refractivity contribution in [1.82, 2.24) is 9.80 Å². The first kappa shape index (κ1) is 14.2. The molecular weight excluding hydrogens is 268 g/mol. The van der Waals surface area contributed by atoms with E-state index in [1.54, 1.807) is 4.90 Å². The highest BCUT2D eigenvalue weighted by Gasteiger charge is 2.29. The maximum absolute atomic E-state index is 12.4. The van der Waals surface area contributed by atoms with E-state index in [1.807, 2.05) is 0 Å². The van der Waals surface area contributed by atoms with E-state index in [4.69, 9.17) is 0 Å². The predicted molar refractivity (Wildman–Crippen MR) is 79.5 cm³/mol. The van der Waals surface area contributed by atoms with Gasteiger partial charge in [0.05, 0.1) is 5.56 Å². The summed E-state index contributed by atoms with van der Waals surface area (Å²) in [6, 6.07) is 4.76. The molecule has 0 spiro atoms. The number of rotatable bonds is 2. The number of nitrogens with zero attached hydrogens (tertiary/aromatic N) is 2. The number of phenols is 2. The number of piperazine rings is 1. The summed E-state index contributed by atoms with van der Waals surface area (Å²) in [6.07, 6.45) is 5.20. The van der Waals surface area contributed by atoms with Crippen LogP contribution in [0.25, 0.3) is 0 Å². The Labute approximate surface area is 124 Å². The Kier molecular flexibility index (Phi) is 4.01. The lowest BCUT2D eigenvalue weighted by Gasteiger charge is -2.38. The van der Waals surface area contributed by atoms with Gasteiger partial charge in [0.25, 0.3) is 5.91 Å². The molecule has 0 atom stereocenters. The molecule has 2 N–H and O–H groups in total. The third kappa shape index (κ3) is 2.97. The van der Waals surface area contributed by atoms with Gasteiger partial charge in [-0.2, -0.15) is 0 Å². The second kappa shape index (κ2) is 5.93. The summed E-state index contributed by atoms with van der Waals surface area (Å²) >= 11 is 0. The molecule has 1 amide bonds. The number of benzene rings is 1. The Morgan fingerprint density at radius 1 is 1.05 bits per heavy atom. The zero-order chi connectivity index (χ0) is 14.8. The van der Waals surface area contributed by atoms with E-state index < -0.39 is 0 Å². The molecule has 5 nitrogen and oxygen atoms in total. The molecule has 1 aliphatic carbocycles. The van der Waals surface area contributed by atoms with Crippen LogP contribution < -0.4 is 0 Å². The fourth-order valence-corrected chi connectivity index (χ4v) is 3.43. The number of aromatic hydroxyl groups is 2. The van der Waals surface area contributed by atoms with Crippen molar-refractivity contribution in [2.24, 2.45) is 0 Å². The van der Waals surface area contributed by atoms with Crippen molar-refractivity contribution in [3.05, 3.63) is 23.8 Å². The quantitative estimate of drug-likeness (QED) is 0.815. The fourth-order valence-electron chi connectivity index (χ4n) is 3.43. The van der Waals surface area contributed by atoms with Gasteiger partial charge in [0.1, 0.15) is 11.5 Å². The normalized spacial score (nSPS) is 20.9. The minimum atomic E-state index is -0.200. The summed E-state index contributed by atoms with van der Waals surface area (Å²) in [7, 11) is 0. The van der Waals surface area contributed by atoms with Crippen molar-refractivity contribution in [2.75, 3.05) is 26.2 Å². The lowest BCUT2D eigenvalue weighted by Crippen LogP contribution is -2.51. The monoisotopic (exact) mass is 290 g/mol. The first-order valence-corrected chi connectivity index (χ1v) is 7.70. The predicted octanol–water partition coefficient (Wildman–Crippen LogP) is 1.80. The highest BCUT2D eigenvalue weighted by molar-refractivity contribution is 5.97. The van der Waals surface area contributed by atoms with Gasteiger partial charge in [0.2, 0.25) is 0 Å². The van der Waals surface area contributed by atoms with E-state index in [2.05, 4.69) is 4.90 Å². The van der Waals surface area contributed by atoms with Crippen LogP contribution >= 0.6 is 0 Å². The number of carbonyl (C=O) groups is 1. The van der Waals surface area contributed by atoms with E-state index in [0.717, 1.165) is 13.1 Å². The number of amides is 1. The molecule has 1 saturated carbocycles. The topological polar surface area (TPSA) is 64.0 Å². The zero-order valence-electron chi connectivity index (χ0n) is 12.2. The maximum Gasteiger partial charge on any atom is 0.257 e. The van der Waals surface area contributed by atoms with Crippen molar-refractivity contribution in [1.29, 1.82) is 0 Å². The van der Waals surface area contributed by atoms with E-state index in [-0.39, 0.29) is 23.0 Å². The minimum Gasteiger partial charge on any atom is -0.508 e. The average Bonchev–Trinajstić information content (AvgIpc) is 3.03. The highest BCUT2D eigenvalue weighted by Crippen LogP contribution is 2.26. The molecule has 0 bridgehead atoms. The van der Waals surface area contributed by atoms with Crippen molar-refractivity contribution < 1.29 is 15.0 Å².